The van der Waals surface area contributed by atoms with E-state index < -0.39 is 0 Å². The van der Waals surface area contributed by atoms with Gasteiger partial charge < -0.3 is 5.32 Å². The zero-order chi connectivity index (χ0) is 13.1. The maximum Gasteiger partial charge on any atom is 0.237 e. The minimum Gasteiger partial charge on any atom is -0.351 e. The van der Waals surface area contributed by atoms with Crippen LogP contribution < -0.4 is 5.32 Å². The Kier molecular flexibility index (Phi) is 4.66. The quantitative estimate of drug-likeness (QED) is 0.818. The van der Waals surface area contributed by atoms with Crippen LogP contribution in [0.25, 0.3) is 0 Å². The normalized spacial score (nSPS) is 38.4. The fourth-order valence-electron chi connectivity index (χ4n) is 3.63. The molecule has 0 bridgehead atoms. The van der Waals surface area contributed by atoms with Crippen molar-refractivity contribution in [2.45, 2.75) is 64.5 Å². The van der Waals surface area contributed by atoms with Gasteiger partial charge in [0, 0.05) is 6.04 Å². The SMILES string of the molecule is CC1CCCC(C)C1NC(=O)C1CCCCN1C. The van der Waals surface area contributed by atoms with Gasteiger partial charge in [-0.1, -0.05) is 26.7 Å². The van der Waals surface area contributed by atoms with E-state index in [4.69, 9.17) is 0 Å². The Labute approximate surface area is 111 Å². The van der Waals surface area contributed by atoms with Crippen molar-refractivity contribution in [3.8, 4) is 0 Å². The summed E-state index contributed by atoms with van der Waals surface area (Å²) in [5, 5.41) is 3.34. The van der Waals surface area contributed by atoms with Crippen molar-refractivity contribution >= 4 is 5.91 Å². The van der Waals surface area contributed by atoms with Gasteiger partial charge in [0.1, 0.15) is 0 Å². The van der Waals surface area contributed by atoms with Gasteiger partial charge in [-0.15, -0.1) is 0 Å². The second-order valence-electron chi connectivity index (χ2n) is 6.41. The summed E-state index contributed by atoms with van der Waals surface area (Å²) in [6, 6.07) is 0.502. The van der Waals surface area contributed by atoms with Crippen LogP contribution in [0.5, 0.6) is 0 Å². The van der Waals surface area contributed by atoms with Crippen molar-refractivity contribution < 1.29 is 4.79 Å². The molecule has 0 spiro atoms. The van der Waals surface area contributed by atoms with E-state index in [2.05, 4.69) is 31.1 Å². The summed E-state index contributed by atoms with van der Waals surface area (Å²) in [6.45, 7) is 5.63. The number of hydrogen-bond donors (Lipinski definition) is 1. The summed E-state index contributed by atoms with van der Waals surface area (Å²) < 4.78 is 0. The number of rotatable bonds is 2. The lowest BCUT2D eigenvalue weighted by molar-refractivity contribution is -0.128. The van der Waals surface area contributed by atoms with Gasteiger partial charge >= 0.3 is 0 Å². The molecular weight excluding hydrogens is 224 g/mol. The lowest BCUT2D eigenvalue weighted by Crippen LogP contribution is -2.53. The summed E-state index contributed by atoms with van der Waals surface area (Å²) in [6.07, 6.45) is 7.29. The smallest absolute Gasteiger partial charge is 0.237 e. The average molecular weight is 252 g/mol. The van der Waals surface area contributed by atoms with Gasteiger partial charge in [0.25, 0.3) is 0 Å². The molecule has 1 saturated heterocycles. The van der Waals surface area contributed by atoms with Crippen LogP contribution in [0.3, 0.4) is 0 Å². The molecule has 1 aliphatic carbocycles. The van der Waals surface area contributed by atoms with Gasteiger partial charge in [0.2, 0.25) is 5.91 Å². The van der Waals surface area contributed by atoms with E-state index >= 15 is 0 Å². The van der Waals surface area contributed by atoms with Gasteiger partial charge in [-0.05, 0) is 51.1 Å². The second kappa shape index (κ2) is 6.05. The molecule has 0 aromatic carbocycles. The standard InChI is InChI=1S/C15H28N2O/c1-11-7-6-8-12(2)14(11)16-15(18)13-9-4-5-10-17(13)3/h11-14H,4-10H2,1-3H3,(H,16,18). The first-order valence-corrected chi connectivity index (χ1v) is 7.60. The molecule has 1 heterocycles. The fraction of sp³-hybridized carbons (Fsp3) is 0.933. The molecule has 0 aromatic rings. The molecule has 0 radical (unpaired) electrons. The highest BCUT2D eigenvalue weighted by atomic mass is 16.2. The number of nitrogens with one attached hydrogen (secondary N) is 1. The molecule has 1 aliphatic heterocycles. The van der Waals surface area contributed by atoms with Crippen molar-refractivity contribution in [3.05, 3.63) is 0 Å². The van der Waals surface area contributed by atoms with E-state index in [0.717, 1.165) is 13.0 Å². The maximum absolute atomic E-state index is 12.4. The minimum absolute atomic E-state index is 0.111. The zero-order valence-corrected chi connectivity index (χ0v) is 12.1. The topological polar surface area (TPSA) is 32.3 Å². The molecule has 2 aliphatic rings. The van der Waals surface area contributed by atoms with Crippen LogP contribution in [0.15, 0.2) is 0 Å². The molecule has 3 unspecified atom stereocenters. The van der Waals surface area contributed by atoms with Gasteiger partial charge in [-0.25, -0.2) is 0 Å². The lowest BCUT2D eigenvalue weighted by Gasteiger charge is -2.38. The summed E-state index contributed by atoms with van der Waals surface area (Å²) in [5.41, 5.74) is 0. The molecule has 2 fully saturated rings. The van der Waals surface area contributed by atoms with Gasteiger partial charge in [0.05, 0.1) is 6.04 Å². The Hall–Kier alpha value is -0.570. The summed E-state index contributed by atoms with van der Waals surface area (Å²) in [5.74, 6) is 1.53. The molecule has 3 atom stereocenters. The highest BCUT2D eigenvalue weighted by Crippen LogP contribution is 2.29. The fourth-order valence-corrected chi connectivity index (χ4v) is 3.63. The molecule has 18 heavy (non-hydrogen) atoms. The average Bonchev–Trinajstić information content (AvgIpc) is 2.34. The Morgan fingerprint density at radius 3 is 2.33 bits per heavy atom. The molecule has 0 aromatic heterocycles. The zero-order valence-electron chi connectivity index (χ0n) is 12.1. The van der Waals surface area contributed by atoms with Crippen molar-refractivity contribution in [2.24, 2.45) is 11.8 Å². The van der Waals surface area contributed by atoms with Gasteiger partial charge in [-0.3, -0.25) is 9.69 Å². The van der Waals surface area contributed by atoms with Crippen LogP contribution in [0.1, 0.15) is 52.4 Å². The number of amides is 1. The molecule has 3 heteroatoms. The van der Waals surface area contributed by atoms with E-state index in [1.54, 1.807) is 0 Å². The molecule has 1 saturated carbocycles. The van der Waals surface area contributed by atoms with E-state index in [1.807, 2.05) is 0 Å². The molecule has 2 rings (SSSR count). The van der Waals surface area contributed by atoms with Gasteiger partial charge in [0.15, 0.2) is 0 Å². The highest BCUT2D eigenvalue weighted by molar-refractivity contribution is 5.82. The van der Waals surface area contributed by atoms with Crippen molar-refractivity contribution in [1.29, 1.82) is 0 Å². The summed E-state index contributed by atoms with van der Waals surface area (Å²) in [4.78, 5) is 14.6. The largest absolute Gasteiger partial charge is 0.351 e. The predicted octanol–water partition coefficient (Wildman–Crippen LogP) is 2.41. The first kappa shape index (κ1) is 13.9. The van der Waals surface area contributed by atoms with E-state index in [-0.39, 0.29) is 11.9 Å². The number of carbonyl (C=O) groups excluding carboxylic acids is 1. The molecule has 3 nitrogen and oxygen atoms in total. The Morgan fingerprint density at radius 1 is 1.06 bits per heavy atom. The number of likely N-dealkylation sites (tertiary alicyclic amines) is 1. The Balaban J connectivity index is 1.92. The minimum atomic E-state index is 0.111. The highest BCUT2D eigenvalue weighted by Gasteiger charge is 2.32. The number of likely N-dealkylation sites (N-methyl/N-ethyl adjacent to an activating group) is 1. The van der Waals surface area contributed by atoms with Crippen LogP contribution >= 0.6 is 0 Å². The van der Waals surface area contributed by atoms with E-state index in [0.29, 0.717) is 17.9 Å². The van der Waals surface area contributed by atoms with Crippen LogP contribution in [0, 0.1) is 11.8 Å². The van der Waals surface area contributed by atoms with Crippen molar-refractivity contribution in [2.75, 3.05) is 13.6 Å². The number of piperidine rings is 1. The molecule has 1 amide bonds. The molecule has 104 valence electrons. The van der Waals surface area contributed by atoms with Crippen LogP contribution in [0.2, 0.25) is 0 Å². The van der Waals surface area contributed by atoms with Crippen molar-refractivity contribution in [3.63, 3.8) is 0 Å². The summed E-state index contributed by atoms with van der Waals surface area (Å²) in [7, 11) is 2.08. The monoisotopic (exact) mass is 252 g/mol. The maximum atomic E-state index is 12.4. The second-order valence-corrected chi connectivity index (χ2v) is 6.41. The predicted molar refractivity (Wildman–Crippen MR) is 74.4 cm³/mol. The molecular formula is C15H28N2O. The third-order valence-electron chi connectivity index (χ3n) is 4.93. The van der Waals surface area contributed by atoms with Crippen molar-refractivity contribution in [1.82, 2.24) is 10.2 Å². The Bertz CT molecular complexity index is 282. The van der Waals surface area contributed by atoms with E-state index in [9.17, 15) is 4.79 Å². The van der Waals surface area contributed by atoms with E-state index in [1.165, 1.54) is 32.1 Å². The first-order chi connectivity index (χ1) is 8.59. The Morgan fingerprint density at radius 2 is 1.72 bits per heavy atom. The lowest BCUT2D eigenvalue weighted by atomic mass is 9.78. The van der Waals surface area contributed by atoms with Crippen LogP contribution in [0.4, 0.5) is 0 Å². The number of carbonyl (C=O) groups is 1. The number of nitrogens with zero attached hydrogens (tertiary/aromatic N) is 1. The van der Waals surface area contributed by atoms with Gasteiger partial charge in [-0.2, -0.15) is 0 Å². The third kappa shape index (κ3) is 3.05. The summed E-state index contributed by atoms with van der Waals surface area (Å²) >= 11 is 0. The van der Waals surface area contributed by atoms with Crippen LogP contribution in [-0.4, -0.2) is 36.5 Å². The number of hydrogen-bond acceptors (Lipinski definition) is 2. The van der Waals surface area contributed by atoms with Crippen LogP contribution in [-0.2, 0) is 4.79 Å². The third-order valence-corrected chi connectivity index (χ3v) is 4.93. The first-order valence-electron chi connectivity index (χ1n) is 7.60. The molecule has 1 N–H and O–H groups in total.